The molecule has 0 radical (unpaired) electrons. The fourth-order valence-electron chi connectivity index (χ4n) is 11.3. The molecule has 0 aromatic rings. The Hall–Kier alpha value is -1.94. The van der Waals surface area contributed by atoms with E-state index >= 15 is 0 Å². The van der Waals surface area contributed by atoms with Crippen LogP contribution in [0.4, 0.5) is 0 Å². The standard InChI is InChI=1S/C75H146O17P2/c1-9-68(8)54-46-38-33-34-40-48-56-73(78)86-62-71(92-75(80)58-50-42-32-26-25-29-37-45-53-67(6)7)64-90-94(83,84)88-60-69(76)59-87-93(81,82)89-63-70(61-85-72(77)55-47-39-30-23-19-16-15-18-22-28-36-44-52-66(4)5)91-74(79)57-49-41-31-24-20-14-12-10-11-13-17-21-27-35-43-51-65(2)3/h65-71,76H,9-64H2,1-8H3,(H,81,82)(H,83,84)/t68?,69-,70-,71-/m1/s1. The first-order valence-corrected chi connectivity index (χ1v) is 41.7. The Morgan fingerprint density at radius 1 is 0.298 bits per heavy atom. The van der Waals surface area contributed by atoms with Crippen molar-refractivity contribution in [3.05, 3.63) is 0 Å². The summed E-state index contributed by atoms with van der Waals surface area (Å²) in [6.07, 6.45) is 48.7. The van der Waals surface area contributed by atoms with Crippen LogP contribution in [0, 0.1) is 23.7 Å². The topological polar surface area (TPSA) is 237 Å². The van der Waals surface area contributed by atoms with Gasteiger partial charge in [-0.15, -0.1) is 0 Å². The Morgan fingerprint density at radius 3 is 0.755 bits per heavy atom. The van der Waals surface area contributed by atoms with Crippen molar-refractivity contribution in [1.29, 1.82) is 0 Å². The molecule has 0 aromatic carbocycles. The second-order valence-electron chi connectivity index (χ2n) is 28.7. The van der Waals surface area contributed by atoms with Crippen LogP contribution in [0.25, 0.3) is 0 Å². The summed E-state index contributed by atoms with van der Waals surface area (Å²) >= 11 is 0. The summed E-state index contributed by atoms with van der Waals surface area (Å²) in [5.41, 5.74) is 0. The summed E-state index contributed by atoms with van der Waals surface area (Å²) in [6.45, 7) is 14.1. The molecule has 6 atom stereocenters. The number of esters is 4. The molecule has 0 spiro atoms. The van der Waals surface area contributed by atoms with E-state index in [0.29, 0.717) is 25.7 Å². The highest BCUT2D eigenvalue weighted by Gasteiger charge is 2.30. The van der Waals surface area contributed by atoms with Crippen molar-refractivity contribution in [2.75, 3.05) is 39.6 Å². The van der Waals surface area contributed by atoms with Gasteiger partial charge in [-0.2, -0.15) is 0 Å². The molecule has 0 amide bonds. The van der Waals surface area contributed by atoms with Gasteiger partial charge in [0.15, 0.2) is 12.2 Å². The minimum absolute atomic E-state index is 0.103. The van der Waals surface area contributed by atoms with Gasteiger partial charge >= 0.3 is 39.5 Å². The summed E-state index contributed by atoms with van der Waals surface area (Å²) in [6, 6.07) is 0. The predicted octanol–water partition coefficient (Wildman–Crippen LogP) is 21.7. The van der Waals surface area contributed by atoms with E-state index in [1.807, 2.05) is 0 Å². The molecule has 3 unspecified atom stereocenters. The van der Waals surface area contributed by atoms with Gasteiger partial charge in [0.05, 0.1) is 26.4 Å². The summed E-state index contributed by atoms with van der Waals surface area (Å²) in [5.74, 6) is 0.909. The largest absolute Gasteiger partial charge is 0.472 e. The Balaban J connectivity index is 5.24. The van der Waals surface area contributed by atoms with E-state index < -0.39 is 97.5 Å². The molecule has 0 rings (SSSR count). The Bertz CT molecular complexity index is 1850. The zero-order valence-electron chi connectivity index (χ0n) is 61.6. The minimum atomic E-state index is -4.96. The van der Waals surface area contributed by atoms with Crippen LogP contribution in [0.15, 0.2) is 0 Å². The molecule has 0 bridgehead atoms. The number of hydrogen-bond donors (Lipinski definition) is 3. The van der Waals surface area contributed by atoms with Gasteiger partial charge in [0.2, 0.25) is 0 Å². The zero-order valence-corrected chi connectivity index (χ0v) is 63.4. The van der Waals surface area contributed by atoms with Crippen molar-refractivity contribution in [2.45, 2.75) is 395 Å². The first kappa shape index (κ1) is 92.1. The molecular weight excluding hydrogens is 1230 g/mol. The summed E-state index contributed by atoms with van der Waals surface area (Å²) in [7, 11) is -9.91. The van der Waals surface area contributed by atoms with Gasteiger partial charge in [-0.25, -0.2) is 9.13 Å². The molecule has 0 saturated carbocycles. The van der Waals surface area contributed by atoms with Gasteiger partial charge in [0.25, 0.3) is 0 Å². The number of ether oxygens (including phenoxy) is 4. The molecular formula is C75H146O17P2. The van der Waals surface area contributed by atoms with Crippen LogP contribution in [-0.4, -0.2) is 96.7 Å². The second-order valence-corrected chi connectivity index (χ2v) is 31.6. The first-order valence-electron chi connectivity index (χ1n) is 38.7. The third-order valence-electron chi connectivity index (χ3n) is 17.7. The van der Waals surface area contributed by atoms with Gasteiger partial charge in [-0.05, 0) is 49.4 Å². The maximum atomic E-state index is 13.1. The molecule has 0 fully saturated rings. The number of unbranched alkanes of at least 4 members (excludes halogenated alkanes) is 37. The summed E-state index contributed by atoms with van der Waals surface area (Å²) in [4.78, 5) is 72.7. The Labute approximate surface area is 575 Å². The van der Waals surface area contributed by atoms with E-state index in [4.69, 9.17) is 37.0 Å². The van der Waals surface area contributed by atoms with Crippen LogP contribution < -0.4 is 0 Å². The maximum Gasteiger partial charge on any atom is 0.472 e. The van der Waals surface area contributed by atoms with E-state index in [2.05, 4.69) is 55.4 Å². The van der Waals surface area contributed by atoms with Crippen LogP contribution in [0.1, 0.15) is 376 Å². The van der Waals surface area contributed by atoms with E-state index in [0.717, 1.165) is 120 Å². The summed E-state index contributed by atoms with van der Waals surface area (Å²) in [5, 5.41) is 10.6. The fraction of sp³-hybridized carbons (Fsp3) is 0.947. The third-order valence-corrected chi connectivity index (χ3v) is 19.6. The summed E-state index contributed by atoms with van der Waals surface area (Å²) < 4.78 is 68.5. The molecule has 0 aromatic heterocycles. The van der Waals surface area contributed by atoms with Gasteiger partial charge in [-0.1, -0.05) is 325 Å². The Kier molecular flexibility index (Phi) is 63.1. The lowest BCUT2D eigenvalue weighted by Gasteiger charge is -2.21. The van der Waals surface area contributed by atoms with Crippen LogP contribution in [-0.2, 0) is 65.4 Å². The Morgan fingerprint density at radius 2 is 0.511 bits per heavy atom. The van der Waals surface area contributed by atoms with Crippen molar-refractivity contribution in [3.8, 4) is 0 Å². The highest BCUT2D eigenvalue weighted by Crippen LogP contribution is 2.45. The number of carbonyl (C=O) groups is 4. The number of phosphoric acid groups is 2. The molecule has 0 heterocycles. The number of carbonyl (C=O) groups excluding carboxylic acids is 4. The average molecular weight is 1380 g/mol. The van der Waals surface area contributed by atoms with Gasteiger partial charge in [-0.3, -0.25) is 37.3 Å². The third kappa shape index (κ3) is 67.3. The normalized spacial score (nSPS) is 14.4. The fourth-order valence-corrected chi connectivity index (χ4v) is 12.9. The van der Waals surface area contributed by atoms with Crippen LogP contribution >= 0.6 is 15.6 Å². The minimum Gasteiger partial charge on any atom is -0.462 e. The molecule has 17 nitrogen and oxygen atoms in total. The smallest absolute Gasteiger partial charge is 0.462 e. The average Bonchev–Trinajstić information content (AvgIpc) is 1.06. The lowest BCUT2D eigenvalue weighted by molar-refractivity contribution is -0.161. The number of rotatable bonds is 72. The predicted molar refractivity (Wildman–Crippen MR) is 381 cm³/mol. The zero-order chi connectivity index (χ0) is 69.6. The lowest BCUT2D eigenvalue weighted by Crippen LogP contribution is -2.30. The van der Waals surface area contributed by atoms with Crippen molar-refractivity contribution >= 4 is 39.5 Å². The van der Waals surface area contributed by atoms with Gasteiger partial charge < -0.3 is 33.8 Å². The lowest BCUT2D eigenvalue weighted by atomic mass is 10.00. The molecule has 0 aliphatic rings. The van der Waals surface area contributed by atoms with Crippen molar-refractivity contribution in [2.24, 2.45) is 23.7 Å². The van der Waals surface area contributed by atoms with Crippen molar-refractivity contribution < 1.29 is 80.2 Å². The number of aliphatic hydroxyl groups excluding tert-OH is 1. The van der Waals surface area contributed by atoms with Crippen molar-refractivity contribution in [1.82, 2.24) is 0 Å². The number of aliphatic hydroxyl groups is 1. The molecule has 0 saturated heterocycles. The molecule has 0 aliphatic heterocycles. The van der Waals surface area contributed by atoms with E-state index in [9.17, 15) is 43.2 Å². The van der Waals surface area contributed by atoms with Gasteiger partial charge in [0, 0.05) is 25.7 Å². The van der Waals surface area contributed by atoms with E-state index in [1.165, 1.54) is 173 Å². The number of hydrogen-bond acceptors (Lipinski definition) is 15. The van der Waals surface area contributed by atoms with Crippen LogP contribution in [0.3, 0.4) is 0 Å². The molecule has 0 aliphatic carbocycles. The molecule has 558 valence electrons. The quantitative estimate of drug-likeness (QED) is 0.0222. The molecule has 94 heavy (non-hydrogen) atoms. The van der Waals surface area contributed by atoms with Gasteiger partial charge in [0.1, 0.15) is 19.3 Å². The molecule has 19 heteroatoms. The van der Waals surface area contributed by atoms with E-state index in [1.54, 1.807) is 0 Å². The molecule has 3 N–H and O–H groups in total. The van der Waals surface area contributed by atoms with Crippen LogP contribution in [0.5, 0.6) is 0 Å². The van der Waals surface area contributed by atoms with E-state index in [-0.39, 0.29) is 25.7 Å². The highest BCUT2D eigenvalue weighted by atomic mass is 31.2. The number of phosphoric ester groups is 2. The second kappa shape index (κ2) is 64.4. The highest BCUT2D eigenvalue weighted by molar-refractivity contribution is 7.47. The van der Waals surface area contributed by atoms with Crippen LogP contribution in [0.2, 0.25) is 0 Å². The maximum absolute atomic E-state index is 13.1. The SMILES string of the molecule is CCC(C)CCCCCCCCC(=O)OC[C@H](COP(=O)(O)OC[C@H](O)COP(=O)(O)OC[C@@H](COC(=O)CCCCCCCCCCCCCCC(C)C)OC(=O)CCCCCCCCCCCCCCCCCC(C)C)OC(=O)CCCCCCCCCCC(C)C. The van der Waals surface area contributed by atoms with Crippen molar-refractivity contribution in [3.63, 3.8) is 0 Å². The monoisotopic (exact) mass is 1380 g/mol. The first-order chi connectivity index (χ1) is 45.1.